The van der Waals surface area contributed by atoms with Crippen LogP contribution in [0.15, 0.2) is 78.4 Å². The average Bonchev–Trinajstić information content (AvgIpc) is 3.52. The zero-order chi connectivity index (χ0) is 37.8. The van der Waals surface area contributed by atoms with Gasteiger partial charge in [-0.1, -0.05) is 47.5 Å². The van der Waals surface area contributed by atoms with Crippen LogP contribution in [-0.2, 0) is 29.4 Å². The van der Waals surface area contributed by atoms with Crippen molar-refractivity contribution >= 4 is 53.0 Å². The zero-order valence-corrected chi connectivity index (χ0v) is 29.4. The normalized spacial score (nSPS) is 26.3. The van der Waals surface area contributed by atoms with Crippen molar-refractivity contribution in [1.82, 2.24) is 9.91 Å². The molecule has 2 aliphatic heterocycles. The maximum Gasteiger partial charge on any atom is 0.305 e. The number of hydrazine groups is 1. The minimum atomic E-state index is -1.58. The van der Waals surface area contributed by atoms with Gasteiger partial charge in [-0.3, -0.25) is 34.3 Å². The number of hydrogen-bond acceptors (Lipinski definition) is 9. The van der Waals surface area contributed by atoms with E-state index in [2.05, 4.69) is 5.43 Å². The average molecular weight is 744 g/mol. The van der Waals surface area contributed by atoms with Crippen LogP contribution in [0.3, 0.4) is 0 Å². The topological polar surface area (TPSA) is 163 Å². The molecule has 7 rings (SSSR count). The molecular weight excluding hydrogens is 709 g/mol. The lowest BCUT2D eigenvalue weighted by Gasteiger charge is -2.49. The lowest BCUT2D eigenvalue weighted by molar-refractivity contribution is -0.143. The number of rotatable bonds is 10. The molecule has 4 amide bonds. The SMILES string of the molecule is COc1cc(C=CC2C3=CCC4C(=O)N(CCC(=O)O)C(=O)C4C3CC3C(=O)N(Nc4ccc(F)cc4)C(=O)C23c2ccc(Cl)cc2)cc(OC)c1O. The summed E-state index contributed by atoms with van der Waals surface area (Å²) in [6.45, 7) is -0.277. The molecule has 4 aliphatic rings. The Morgan fingerprint density at radius 3 is 2.26 bits per heavy atom. The van der Waals surface area contributed by atoms with Gasteiger partial charge in [0, 0.05) is 17.5 Å². The first-order chi connectivity index (χ1) is 25.4. The van der Waals surface area contributed by atoms with Gasteiger partial charge in [0.05, 0.1) is 49.5 Å². The molecule has 2 saturated heterocycles. The predicted octanol–water partition coefficient (Wildman–Crippen LogP) is 5.21. The molecule has 3 aromatic carbocycles. The number of hydrogen-bond donors (Lipinski definition) is 3. The quantitative estimate of drug-likeness (QED) is 0.186. The van der Waals surface area contributed by atoms with Gasteiger partial charge in [0.1, 0.15) is 5.82 Å². The number of benzene rings is 3. The summed E-state index contributed by atoms with van der Waals surface area (Å²) in [4.78, 5) is 69.8. The van der Waals surface area contributed by atoms with E-state index in [0.717, 1.165) is 9.91 Å². The Kier molecular flexibility index (Phi) is 9.23. The Morgan fingerprint density at radius 2 is 1.64 bits per heavy atom. The molecule has 0 radical (unpaired) electrons. The summed E-state index contributed by atoms with van der Waals surface area (Å²) in [5, 5.41) is 21.2. The number of likely N-dealkylation sites (tertiary alicyclic amines) is 1. The molecule has 53 heavy (non-hydrogen) atoms. The molecule has 14 heteroatoms. The molecule has 12 nitrogen and oxygen atoms in total. The molecule has 0 spiro atoms. The molecule has 3 aromatic rings. The Balaban J connectivity index is 1.41. The van der Waals surface area contributed by atoms with E-state index >= 15 is 4.79 Å². The molecule has 3 fully saturated rings. The summed E-state index contributed by atoms with van der Waals surface area (Å²) >= 11 is 6.33. The number of allylic oxidation sites excluding steroid dienone is 3. The third-order valence-electron chi connectivity index (χ3n) is 10.9. The number of nitrogens with zero attached hydrogens (tertiary/aromatic N) is 2. The summed E-state index contributed by atoms with van der Waals surface area (Å²) in [5.41, 5.74) is 3.29. The molecule has 0 bridgehead atoms. The predicted molar refractivity (Wildman–Crippen MR) is 189 cm³/mol. The minimum absolute atomic E-state index is 0.0266. The molecule has 6 atom stereocenters. The second kappa shape index (κ2) is 13.7. The van der Waals surface area contributed by atoms with Gasteiger partial charge in [-0.05, 0) is 78.4 Å². The number of anilines is 1. The highest BCUT2D eigenvalue weighted by Gasteiger charge is 2.69. The number of ether oxygens (including phenoxy) is 2. The number of amides is 4. The van der Waals surface area contributed by atoms with Crippen LogP contribution >= 0.6 is 11.6 Å². The van der Waals surface area contributed by atoms with Gasteiger partial charge in [0.15, 0.2) is 11.5 Å². The number of imide groups is 2. The van der Waals surface area contributed by atoms with Gasteiger partial charge in [-0.15, -0.1) is 0 Å². The fourth-order valence-corrected chi connectivity index (χ4v) is 8.74. The van der Waals surface area contributed by atoms with E-state index in [4.69, 9.17) is 21.1 Å². The number of methoxy groups -OCH3 is 2. The Hall–Kier alpha value is -5.69. The standard InChI is InChI=1S/C39H35ClFN3O9/c1-52-30-17-20(18-31(53-2)34(30)47)3-14-28-25-12-13-26-33(37(50)43(35(26)48)16-15-32(45)46)27(25)19-29-36(49)44(42-24-10-8-23(41)9-11-24)38(51)39(28,29)21-4-6-22(40)7-5-21/h3-12,14,17-18,26-29,33,42,47H,13,15-16,19H2,1-2H3,(H,45,46). The van der Waals surface area contributed by atoms with Crippen LogP contribution in [0.5, 0.6) is 17.2 Å². The molecule has 6 unspecified atom stereocenters. The van der Waals surface area contributed by atoms with E-state index in [-0.39, 0.29) is 42.3 Å². The number of aromatic hydroxyl groups is 1. The highest BCUT2D eigenvalue weighted by molar-refractivity contribution is 6.30. The molecule has 2 aliphatic carbocycles. The van der Waals surface area contributed by atoms with E-state index in [1.807, 2.05) is 6.08 Å². The van der Waals surface area contributed by atoms with Crippen LogP contribution in [0.2, 0.25) is 5.02 Å². The number of phenolic OH excluding ortho intramolecular Hbond substituents is 1. The third-order valence-corrected chi connectivity index (χ3v) is 11.2. The van der Waals surface area contributed by atoms with Gasteiger partial charge in [-0.25, -0.2) is 4.39 Å². The second-order valence-corrected chi connectivity index (χ2v) is 14.0. The highest BCUT2D eigenvalue weighted by Crippen LogP contribution is 2.61. The van der Waals surface area contributed by atoms with Crippen molar-refractivity contribution in [1.29, 1.82) is 0 Å². The summed E-state index contributed by atoms with van der Waals surface area (Å²) in [6.07, 6.45) is 5.14. The van der Waals surface area contributed by atoms with Crippen molar-refractivity contribution < 1.29 is 48.0 Å². The second-order valence-electron chi connectivity index (χ2n) is 13.5. The van der Waals surface area contributed by atoms with Crippen molar-refractivity contribution in [2.24, 2.45) is 29.6 Å². The van der Waals surface area contributed by atoms with Crippen LogP contribution in [0.1, 0.15) is 30.4 Å². The number of fused-ring (bicyclic) bond motifs is 4. The number of carboxylic acid groups (broad SMARTS) is 1. The smallest absolute Gasteiger partial charge is 0.305 e. The number of halogens is 2. The van der Waals surface area contributed by atoms with Crippen LogP contribution in [0, 0.1) is 35.4 Å². The molecular formula is C39H35ClFN3O9. The summed E-state index contributed by atoms with van der Waals surface area (Å²) in [6, 6.07) is 15.0. The lowest BCUT2D eigenvalue weighted by atomic mass is 9.50. The number of carboxylic acids is 1. The van der Waals surface area contributed by atoms with Crippen molar-refractivity contribution in [2.75, 3.05) is 26.2 Å². The van der Waals surface area contributed by atoms with Gasteiger partial charge in [0.25, 0.3) is 11.8 Å². The van der Waals surface area contributed by atoms with Crippen LogP contribution in [-0.4, -0.2) is 70.5 Å². The fraction of sp³-hybridized carbons (Fsp3) is 0.308. The van der Waals surface area contributed by atoms with Gasteiger partial charge >= 0.3 is 5.97 Å². The highest BCUT2D eigenvalue weighted by atomic mass is 35.5. The first kappa shape index (κ1) is 35.7. The number of aliphatic carboxylic acids is 1. The maximum atomic E-state index is 15.1. The van der Waals surface area contributed by atoms with E-state index in [9.17, 15) is 33.8 Å². The van der Waals surface area contributed by atoms with Crippen LogP contribution < -0.4 is 14.9 Å². The number of carbonyl (C=O) groups is 5. The van der Waals surface area contributed by atoms with Crippen molar-refractivity contribution in [3.05, 3.63) is 100 Å². The maximum absolute atomic E-state index is 15.1. The number of phenols is 1. The van der Waals surface area contributed by atoms with Crippen molar-refractivity contribution in [3.63, 3.8) is 0 Å². The Bertz CT molecular complexity index is 2060. The summed E-state index contributed by atoms with van der Waals surface area (Å²) in [5.74, 6) is -7.97. The van der Waals surface area contributed by atoms with Crippen LogP contribution in [0.25, 0.3) is 6.08 Å². The summed E-state index contributed by atoms with van der Waals surface area (Å²) < 4.78 is 24.6. The van der Waals surface area contributed by atoms with Crippen molar-refractivity contribution in [3.8, 4) is 17.2 Å². The monoisotopic (exact) mass is 743 g/mol. The van der Waals surface area contributed by atoms with Crippen LogP contribution in [0.4, 0.5) is 10.1 Å². The summed E-state index contributed by atoms with van der Waals surface area (Å²) in [7, 11) is 2.78. The number of nitrogens with one attached hydrogen (secondary N) is 1. The van der Waals surface area contributed by atoms with E-state index in [1.54, 1.807) is 48.6 Å². The first-order valence-corrected chi connectivity index (χ1v) is 17.3. The zero-order valence-electron chi connectivity index (χ0n) is 28.6. The van der Waals surface area contributed by atoms with E-state index < -0.39 is 76.8 Å². The molecule has 2 heterocycles. The Morgan fingerprint density at radius 1 is 0.981 bits per heavy atom. The van der Waals surface area contributed by atoms with Gasteiger partial charge in [0.2, 0.25) is 17.6 Å². The van der Waals surface area contributed by atoms with E-state index in [0.29, 0.717) is 21.7 Å². The van der Waals surface area contributed by atoms with Crippen molar-refractivity contribution in [2.45, 2.75) is 24.7 Å². The van der Waals surface area contributed by atoms with Gasteiger partial charge in [-0.2, -0.15) is 5.01 Å². The molecule has 3 N–H and O–H groups in total. The molecule has 274 valence electrons. The Labute approximate surface area is 308 Å². The number of carbonyl (C=O) groups excluding carboxylic acids is 4. The fourth-order valence-electron chi connectivity index (χ4n) is 8.61. The lowest BCUT2D eigenvalue weighted by Crippen LogP contribution is -2.54. The first-order valence-electron chi connectivity index (χ1n) is 17.0. The van der Waals surface area contributed by atoms with E-state index in [1.165, 1.54) is 38.5 Å². The van der Waals surface area contributed by atoms with Gasteiger partial charge < -0.3 is 19.7 Å². The molecule has 0 aromatic heterocycles. The largest absolute Gasteiger partial charge is 0.502 e. The minimum Gasteiger partial charge on any atom is -0.502 e. The molecule has 1 saturated carbocycles. The third kappa shape index (κ3) is 5.79.